The maximum absolute atomic E-state index is 12.6. The molecule has 0 amide bonds. The summed E-state index contributed by atoms with van der Waals surface area (Å²) in [6, 6.07) is 0.277. The summed E-state index contributed by atoms with van der Waals surface area (Å²) in [5.74, 6) is 0.977. The highest BCUT2D eigenvalue weighted by Crippen LogP contribution is 2.26. The summed E-state index contributed by atoms with van der Waals surface area (Å²) in [5.41, 5.74) is 6.23. The number of nitrogens with zero attached hydrogens (tertiary/aromatic N) is 1. The zero-order chi connectivity index (χ0) is 15.6. The minimum atomic E-state index is -3.58. The van der Waals surface area contributed by atoms with Gasteiger partial charge in [-0.15, -0.1) is 0 Å². The van der Waals surface area contributed by atoms with Crippen molar-refractivity contribution in [3.8, 4) is 0 Å². The van der Waals surface area contributed by atoms with Crippen LogP contribution in [0, 0.1) is 13.8 Å². The minimum Gasteiger partial charge on any atom is -0.465 e. The second-order valence-electron chi connectivity index (χ2n) is 5.50. The van der Waals surface area contributed by atoms with Crippen LogP contribution in [0.2, 0.25) is 0 Å². The van der Waals surface area contributed by atoms with Gasteiger partial charge in [0.15, 0.2) is 0 Å². The van der Waals surface area contributed by atoms with E-state index < -0.39 is 10.0 Å². The molecule has 0 saturated carbocycles. The van der Waals surface area contributed by atoms with Gasteiger partial charge in [-0.1, -0.05) is 6.92 Å². The van der Waals surface area contributed by atoms with E-state index in [4.69, 9.17) is 10.2 Å². The molecule has 1 unspecified atom stereocenters. The molecule has 6 nitrogen and oxygen atoms in total. The molecule has 0 aliphatic carbocycles. The molecule has 120 valence electrons. The molecule has 0 radical (unpaired) electrons. The van der Waals surface area contributed by atoms with E-state index in [0.717, 1.165) is 25.9 Å². The van der Waals surface area contributed by atoms with Crippen molar-refractivity contribution >= 4 is 10.0 Å². The van der Waals surface area contributed by atoms with E-state index in [1.54, 1.807) is 13.8 Å². The number of sulfonamides is 1. The van der Waals surface area contributed by atoms with Crippen LogP contribution in [0.25, 0.3) is 0 Å². The largest absolute Gasteiger partial charge is 0.465 e. The van der Waals surface area contributed by atoms with E-state index in [1.807, 2.05) is 0 Å². The Morgan fingerprint density at radius 1 is 1.38 bits per heavy atom. The second-order valence-corrected chi connectivity index (χ2v) is 7.21. The number of likely N-dealkylation sites (tertiary alicyclic amines) is 1. The average Bonchev–Trinajstić information content (AvgIpc) is 2.99. The summed E-state index contributed by atoms with van der Waals surface area (Å²) in [7, 11) is -3.58. The van der Waals surface area contributed by atoms with Gasteiger partial charge in [0, 0.05) is 24.7 Å². The molecular weight excluding hydrogens is 290 g/mol. The summed E-state index contributed by atoms with van der Waals surface area (Å²) >= 11 is 0. The number of nitrogens with two attached hydrogens (primary N) is 1. The molecule has 2 rings (SSSR count). The standard InChI is InChI=1S/C14H25N3O3S/c1-4-17-7-5-6-12(17)9-16-21(18,19)14-11(3)20-10(2)13(14)8-15/h12,16H,4-9,15H2,1-3H3. The van der Waals surface area contributed by atoms with Crippen LogP contribution in [-0.2, 0) is 16.6 Å². The summed E-state index contributed by atoms with van der Waals surface area (Å²) < 4.78 is 33.3. The number of furan rings is 1. The fraction of sp³-hybridized carbons (Fsp3) is 0.714. The van der Waals surface area contributed by atoms with Gasteiger partial charge in [0.1, 0.15) is 16.4 Å². The van der Waals surface area contributed by atoms with Gasteiger partial charge < -0.3 is 10.2 Å². The third kappa shape index (κ3) is 3.31. The maximum atomic E-state index is 12.6. The third-order valence-corrected chi connectivity index (χ3v) is 5.83. The predicted molar refractivity (Wildman–Crippen MR) is 81.5 cm³/mol. The van der Waals surface area contributed by atoms with Gasteiger partial charge >= 0.3 is 0 Å². The summed E-state index contributed by atoms with van der Waals surface area (Å²) in [4.78, 5) is 2.52. The normalized spacial score (nSPS) is 20.3. The average molecular weight is 315 g/mol. The van der Waals surface area contributed by atoms with Gasteiger partial charge in [0.05, 0.1) is 0 Å². The van der Waals surface area contributed by atoms with Crippen molar-refractivity contribution in [2.24, 2.45) is 5.73 Å². The monoisotopic (exact) mass is 315 g/mol. The second kappa shape index (κ2) is 6.48. The molecule has 1 saturated heterocycles. The van der Waals surface area contributed by atoms with Crippen molar-refractivity contribution in [1.82, 2.24) is 9.62 Å². The summed E-state index contributed by atoms with van der Waals surface area (Å²) in [6.07, 6.45) is 2.15. The molecule has 1 fully saturated rings. The van der Waals surface area contributed by atoms with E-state index in [-0.39, 0.29) is 17.5 Å². The molecule has 1 aliphatic heterocycles. The third-order valence-electron chi connectivity index (χ3n) is 4.21. The quantitative estimate of drug-likeness (QED) is 0.821. The Bertz CT molecular complexity index is 595. The Kier molecular flexibility index (Phi) is 5.08. The fourth-order valence-corrected chi connectivity index (χ4v) is 4.65. The lowest BCUT2D eigenvalue weighted by atomic mass is 10.2. The first kappa shape index (κ1) is 16.5. The van der Waals surface area contributed by atoms with E-state index in [2.05, 4.69) is 16.5 Å². The van der Waals surface area contributed by atoms with Gasteiger partial charge in [-0.25, -0.2) is 13.1 Å². The number of nitrogens with one attached hydrogen (secondary N) is 1. The van der Waals surface area contributed by atoms with Gasteiger partial charge in [-0.3, -0.25) is 4.90 Å². The molecule has 0 aromatic carbocycles. The Labute approximate surface area is 126 Å². The van der Waals surface area contributed by atoms with E-state index in [9.17, 15) is 8.42 Å². The van der Waals surface area contributed by atoms with Gasteiger partial charge in [0.25, 0.3) is 0 Å². The van der Waals surface area contributed by atoms with Crippen LogP contribution in [0.5, 0.6) is 0 Å². The summed E-state index contributed by atoms with van der Waals surface area (Å²) in [6.45, 7) is 8.08. The highest BCUT2D eigenvalue weighted by atomic mass is 32.2. The lowest BCUT2D eigenvalue weighted by Crippen LogP contribution is -2.40. The van der Waals surface area contributed by atoms with Crippen molar-refractivity contribution in [3.05, 3.63) is 17.1 Å². The fourth-order valence-electron chi connectivity index (χ4n) is 3.12. The van der Waals surface area contributed by atoms with Gasteiger partial charge in [0.2, 0.25) is 10.0 Å². The molecule has 1 aliphatic rings. The number of rotatable bonds is 6. The smallest absolute Gasteiger partial charge is 0.244 e. The number of aryl methyl sites for hydroxylation is 2. The highest BCUT2D eigenvalue weighted by molar-refractivity contribution is 7.89. The predicted octanol–water partition coefficient (Wildman–Crippen LogP) is 1.12. The summed E-state index contributed by atoms with van der Waals surface area (Å²) in [5, 5.41) is 0. The molecule has 0 bridgehead atoms. The van der Waals surface area contributed by atoms with Crippen molar-refractivity contribution in [1.29, 1.82) is 0 Å². The first-order valence-electron chi connectivity index (χ1n) is 7.43. The lowest BCUT2D eigenvalue weighted by molar-refractivity contribution is 0.268. The molecule has 21 heavy (non-hydrogen) atoms. The molecular formula is C14H25N3O3S. The Morgan fingerprint density at radius 2 is 2.10 bits per heavy atom. The molecule has 1 atom stereocenters. The van der Waals surface area contributed by atoms with Crippen molar-refractivity contribution < 1.29 is 12.8 Å². The first-order valence-corrected chi connectivity index (χ1v) is 8.91. The first-order chi connectivity index (χ1) is 9.90. The van der Waals surface area contributed by atoms with Crippen LogP contribution in [0.3, 0.4) is 0 Å². The van der Waals surface area contributed by atoms with Crippen LogP contribution in [0.15, 0.2) is 9.31 Å². The van der Waals surface area contributed by atoms with Crippen molar-refractivity contribution in [2.75, 3.05) is 19.6 Å². The number of likely N-dealkylation sites (N-methyl/N-ethyl adjacent to an activating group) is 1. The van der Waals surface area contributed by atoms with Crippen molar-refractivity contribution in [2.45, 2.75) is 51.1 Å². The van der Waals surface area contributed by atoms with Gasteiger partial charge in [-0.05, 0) is 39.8 Å². The van der Waals surface area contributed by atoms with Crippen LogP contribution in [0.4, 0.5) is 0 Å². The molecule has 1 aromatic heterocycles. The zero-order valence-corrected chi connectivity index (χ0v) is 13.8. The Balaban J connectivity index is 2.16. The topological polar surface area (TPSA) is 88.6 Å². The minimum absolute atomic E-state index is 0.157. The van der Waals surface area contributed by atoms with Crippen molar-refractivity contribution in [3.63, 3.8) is 0 Å². The molecule has 3 N–H and O–H groups in total. The van der Waals surface area contributed by atoms with Gasteiger partial charge in [-0.2, -0.15) is 0 Å². The Hall–Kier alpha value is -0.890. The van der Waals surface area contributed by atoms with E-state index in [0.29, 0.717) is 23.6 Å². The molecule has 0 spiro atoms. The van der Waals surface area contributed by atoms with Crippen LogP contribution < -0.4 is 10.5 Å². The zero-order valence-electron chi connectivity index (χ0n) is 13.0. The lowest BCUT2D eigenvalue weighted by Gasteiger charge is -2.22. The SMILES string of the molecule is CCN1CCCC1CNS(=O)(=O)c1c(C)oc(C)c1CN. The van der Waals surface area contributed by atoms with E-state index in [1.165, 1.54) is 0 Å². The van der Waals surface area contributed by atoms with Crippen LogP contribution in [0.1, 0.15) is 36.8 Å². The molecule has 7 heteroatoms. The maximum Gasteiger partial charge on any atom is 0.244 e. The number of hydrogen-bond acceptors (Lipinski definition) is 5. The number of hydrogen-bond donors (Lipinski definition) is 2. The van der Waals surface area contributed by atoms with Crippen LogP contribution in [-0.4, -0.2) is 39.0 Å². The molecule has 1 aromatic rings. The van der Waals surface area contributed by atoms with Crippen LogP contribution >= 0.6 is 0 Å². The van der Waals surface area contributed by atoms with E-state index >= 15 is 0 Å². The Morgan fingerprint density at radius 3 is 2.71 bits per heavy atom. The molecule has 2 heterocycles. The highest BCUT2D eigenvalue weighted by Gasteiger charge is 2.29.